The van der Waals surface area contributed by atoms with Crippen LogP contribution in [0, 0.1) is 10.1 Å². The molecule has 0 bridgehead atoms. The van der Waals surface area contributed by atoms with Crippen LogP contribution in [0.25, 0.3) is 6.08 Å². The molecular weight excluding hydrogens is 610 g/mol. The van der Waals surface area contributed by atoms with E-state index in [1.807, 2.05) is 0 Å². The molecule has 0 aliphatic carbocycles. The summed E-state index contributed by atoms with van der Waals surface area (Å²) >= 11 is 7.51. The standard InChI is InChI=1S/C31H26ClN3O8S/c1-17-27(30(37)42-4)28(22-15-20(32)8-12-23(22)40-2)34-29(36)26(44-31(34)33-17)14-19-7-11-24(25(13-19)41-3)43-16-18-5-9-21(10-6-18)35(38)39/h5-15,28H,16H2,1-4H3/b26-14-/t28-/m1/s1. The number of hydrogen-bond acceptors (Lipinski definition) is 10. The van der Waals surface area contributed by atoms with Crippen molar-refractivity contribution in [1.82, 2.24) is 4.57 Å². The topological polar surface area (TPSA) is 131 Å². The van der Waals surface area contributed by atoms with E-state index < -0.39 is 16.9 Å². The lowest BCUT2D eigenvalue weighted by molar-refractivity contribution is -0.384. The number of non-ortho nitro benzene ring substituents is 1. The lowest BCUT2D eigenvalue weighted by atomic mass is 9.95. The number of hydrogen-bond donors (Lipinski definition) is 0. The van der Waals surface area contributed by atoms with Crippen molar-refractivity contribution in [1.29, 1.82) is 0 Å². The third-order valence-corrected chi connectivity index (χ3v) is 8.16. The highest BCUT2D eigenvalue weighted by Gasteiger charge is 2.35. The summed E-state index contributed by atoms with van der Waals surface area (Å²) in [5, 5.41) is 11.3. The van der Waals surface area contributed by atoms with E-state index in [-0.39, 0.29) is 23.4 Å². The van der Waals surface area contributed by atoms with Gasteiger partial charge in [-0.2, -0.15) is 0 Å². The van der Waals surface area contributed by atoms with Crippen LogP contribution in [0.1, 0.15) is 29.7 Å². The first-order chi connectivity index (χ1) is 21.1. The number of carbonyl (C=O) groups is 1. The summed E-state index contributed by atoms with van der Waals surface area (Å²) in [4.78, 5) is 42.3. The molecule has 13 heteroatoms. The molecule has 0 N–H and O–H groups in total. The molecule has 0 fully saturated rings. The molecule has 0 spiro atoms. The third-order valence-electron chi connectivity index (χ3n) is 6.94. The maximum absolute atomic E-state index is 13.9. The summed E-state index contributed by atoms with van der Waals surface area (Å²) in [7, 11) is 4.27. The number of ether oxygens (including phenoxy) is 4. The van der Waals surface area contributed by atoms with Gasteiger partial charge in [0.2, 0.25) is 0 Å². The van der Waals surface area contributed by atoms with Crippen LogP contribution in [-0.2, 0) is 16.1 Å². The number of thiazole rings is 1. The fourth-order valence-electron chi connectivity index (χ4n) is 4.83. The predicted octanol–water partition coefficient (Wildman–Crippen LogP) is 4.57. The fourth-order valence-corrected chi connectivity index (χ4v) is 6.05. The van der Waals surface area contributed by atoms with E-state index in [2.05, 4.69) is 4.99 Å². The molecule has 226 valence electrons. The number of halogens is 1. The average Bonchev–Trinajstić information content (AvgIpc) is 3.32. The van der Waals surface area contributed by atoms with Crippen molar-refractivity contribution in [2.45, 2.75) is 19.6 Å². The summed E-state index contributed by atoms with van der Waals surface area (Å²) in [5.41, 5.74) is 2.16. The van der Waals surface area contributed by atoms with E-state index in [0.717, 1.165) is 5.56 Å². The van der Waals surface area contributed by atoms with Crippen LogP contribution < -0.4 is 29.1 Å². The van der Waals surface area contributed by atoms with E-state index >= 15 is 0 Å². The Hall–Kier alpha value is -4.94. The molecule has 0 unspecified atom stereocenters. The van der Waals surface area contributed by atoms with Gasteiger partial charge < -0.3 is 18.9 Å². The number of carbonyl (C=O) groups excluding carboxylic acids is 1. The molecule has 0 radical (unpaired) electrons. The Morgan fingerprint density at radius 3 is 2.41 bits per heavy atom. The molecule has 5 rings (SSSR count). The van der Waals surface area contributed by atoms with Crippen LogP contribution in [0.4, 0.5) is 5.69 Å². The lowest BCUT2D eigenvalue weighted by Crippen LogP contribution is -2.40. The number of benzene rings is 3. The fraction of sp³-hybridized carbons (Fsp3) is 0.194. The Bertz CT molecular complexity index is 1980. The lowest BCUT2D eigenvalue weighted by Gasteiger charge is -2.25. The number of nitro benzene ring substituents is 1. The summed E-state index contributed by atoms with van der Waals surface area (Å²) < 4.78 is 23.9. The molecule has 0 amide bonds. The highest BCUT2D eigenvalue weighted by Crippen LogP contribution is 2.37. The van der Waals surface area contributed by atoms with Gasteiger partial charge in [0.05, 0.1) is 42.1 Å². The number of rotatable bonds is 9. The molecule has 0 saturated heterocycles. The van der Waals surface area contributed by atoms with E-state index in [1.165, 1.54) is 49.4 Å². The van der Waals surface area contributed by atoms with Gasteiger partial charge in [0, 0.05) is 22.7 Å². The second-order valence-electron chi connectivity index (χ2n) is 9.58. The monoisotopic (exact) mass is 635 g/mol. The van der Waals surface area contributed by atoms with Gasteiger partial charge in [-0.3, -0.25) is 19.5 Å². The molecule has 3 aromatic carbocycles. The Morgan fingerprint density at radius 1 is 1.05 bits per heavy atom. The largest absolute Gasteiger partial charge is 0.496 e. The van der Waals surface area contributed by atoms with Crippen molar-refractivity contribution in [3.05, 3.63) is 123 Å². The smallest absolute Gasteiger partial charge is 0.338 e. The van der Waals surface area contributed by atoms with Gasteiger partial charge in [-0.25, -0.2) is 9.79 Å². The number of nitro groups is 1. The van der Waals surface area contributed by atoms with Gasteiger partial charge in [-0.05, 0) is 66.6 Å². The minimum atomic E-state index is -0.890. The number of esters is 1. The van der Waals surface area contributed by atoms with Gasteiger partial charge in [0.25, 0.3) is 11.2 Å². The second kappa shape index (κ2) is 12.7. The number of nitrogens with zero attached hydrogens (tertiary/aromatic N) is 3. The van der Waals surface area contributed by atoms with Gasteiger partial charge in [0.1, 0.15) is 18.4 Å². The molecule has 2 heterocycles. The third kappa shape index (κ3) is 5.94. The Morgan fingerprint density at radius 2 is 1.75 bits per heavy atom. The molecule has 1 aliphatic heterocycles. The van der Waals surface area contributed by atoms with Crippen LogP contribution in [0.5, 0.6) is 17.2 Å². The molecular formula is C31H26ClN3O8S. The van der Waals surface area contributed by atoms with Crippen LogP contribution >= 0.6 is 22.9 Å². The van der Waals surface area contributed by atoms with Crippen molar-refractivity contribution in [3.8, 4) is 17.2 Å². The van der Waals surface area contributed by atoms with Gasteiger partial charge in [-0.15, -0.1) is 0 Å². The van der Waals surface area contributed by atoms with E-state index in [4.69, 9.17) is 30.5 Å². The zero-order valence-corrected chi connectivity index (χ0v) is 25.6. The van der Waals surface area contributed by atoms with Crippen molar-refractivity contribution in [2.24, 2.45) is 4.99 Å². The Balaban J connectivity index is 1.54. The van der Waals surface area contributed by atoms with Crippen LogP contribution in [0.2, 0.25) is 5.02 Å². The maximum Gasteiger partial charge on any atom is 0.338 e. The molecule has 4 aromatic rings. The summed E-state index contributed by atoms with van der Waals surface area (Å²) in [6.07, 6.45) is 1.70. The normalized spacial score (nSPS) is 14.5. The predicted molar refractivity (Wildman–Crippen MR) is 164 cm³/mol. The molecule has 1 aliphatic rings. The minimum Gasteiger partial charge on any atom is -0.496 e. The van der Waals surface area contributed by atoms with Crippen molar-refractivity contribution < 1.29 is 28.7 Å². The Labute approximate surface area is 260 Å². The molecule has 44 heavy (non-hydrogen) atoms. The quantitative estimate of drug-likeness (QED) is 0.149. The Kier molecular flexibility index (Phi) is 8.83. The number of allylic oxidation sites excluding steroid dienone is 1. The number of fused-ring (bicyclic) bond motifs is 1. The molecule has 11 nitrogen and oxygen atoms in total. The van der Waals surface area contributed by atoms with Crippen molar-refractivity contribution >= 4 is 40.7 Å². The van der Waals surface area contributed by atoms with Gasteiger partial charge in [0.15, 0.2) is 16.3 Å². The minimum absolute atomic E-state index is 0.00401. The van der Waals surface area contributed by atoms with Crippen LogP contribution in [-0.4, -0.2) is 36.8 Å². The second-order valence-corrected chi connectivity index (χ2v) is 11.0. The molecule has 1 aromatic heterocycles. The van der Waals surface area contributed by atoms with E-state index in [1.54, 1.807) is 61.5 Å². The SMILES string of the molecule is COC(=O)C1=C(C)N=c2s/c(=C\c3ccc(OCc4ccc([N+](=O)[O-])cc4)c(OC)c3)c(=O)n2[C@@H]1c1cc(Cl)ccc1OC. The van der Waals surface area contributed by atoms with Crippen molar-refractivity contribution in [2.75, 3.05) is 21.3 Å². The first-order valence-electron chi connectivity index (χ1n) is 13.1. The average molecular weight is 636 g/mol. The number of methoxy groups -OCH3 is 3. The van der Waals surface area contributed by atoms with Crippen LogP contribution in [0.3, 0.4) is 0 Å². The first-order valence-corrected chi connectivity index (χ1v) is 14.3. The molecule has 1 atom stereocenters. The summed E-state index contributed by atoms with van der Waals surface area (Å²) in [5.74, 6) is 0.704. The first kappa shape index (κ1) is 30.5. The van der Waals surface area contributed by atoms with E-state index in [0.29, 0.717) is 48.4 Å². The van der Waals surface area contributed by atoms with E-state index in [9.17, 15) is 19.7 Å². The van der Waals surface area contributed by atoms with Crippen molar-refractivity contribution in [3.63, 3.8) is 0 Å². The summed E-state index contributed by atoms with van der Waals surface area (Å²) in [6.45, 7) is 1.86. The highest BCUT2D eigenvalue weighted by molar-refractivity contribution is 7.07. The molecule has 0 saturated carbocycles. The van der Waals surface area contributed by atoms with Crippen LogP contribution in [0.15, 0.2) is 81.7 Å². The maximum atomic E-state index is 13.9. The van der Waals surface area contributed by atoms with Gasteiger partial charge >= 0.3 is 5.97 Å². The van der Waals surface area contributed by atoms with Gasteiger partial charge in [-0.1, -0.05) is 29.0 Å². The zero-order valence-electron chi connectivity index (χ0n) is 24.0. The zero-order chi connectivity index (χ0) is 31.5. The number of aromatic nitrogens is 1. The highest BCUT2D eigenvalue weighted by atomic mass is 35.5. The summed E-state index contributed by atoms with van der Waals surface area (Å²) in [6, 6.07) is 15.4.